The number of nitrogens with zero attached hydrogens (tertiary/aromatic N) is 1. The first-order chi connectivity index (χ1) is 21.6. The van der Waals surface area contributed by atoms with Gasteiger partial charge in [-0.25, -0.2) is 0 Å². The van der Waals surface area contributed by atoms with E-state index in [-0.39, 0.29) is 5.41 Å². The lowest BCUT2D eigenvalue weighted by atomic mass is 9.73. The lowest BCUT2D eigenvalue weighted by Gasteiger charge is -2.42. The molecule has 0 aliphatic carbocycles. The van der Waals surface area contributed by atoms with Crippen molar-refractivity contribution < 1.29 is 0 Å². The third kappa shape index (κ3) is 3.47. The Morgan fingerprint density at radius 2 is 0.909 bits per heavy atom. The molecule has 208 valence electrons. The smallest absolute Gasteiger partial charge is 0.0546 e. The minimum Gasteiger partial charge on any atom is -0.309 e. The van der Waals surface area contributed by atoms with E-state index in [1.807, 2.05) is 0 Å². The van der Waals surface area contributed by atoms with Crippen LogP contribution in [0.3, 0.4) is 0 Å². The van der Waals surface area contributed by atoms with Crippen molar-refractivity contribution in [2.75, 3.05) is 4.90 Å². The van der Waals surface area contributed by atoms with Gasteiger partial charge in [-0.1, -0.05) is 141 Å². The summed E-state index contributed by atoms with van der Waals surface area (Å²) in [5.74, 6) is 0. The molecule has 0 atom stereocenters. The van der Waals surface area contributed by atoms with Gasteiger partial charge in [0.15, 0.2) is 0 Å². The van der Waals surface area contributed by atoms with E-state index in [9.17, 15) is 0 Å². The summed E-state index contributed by atoms with van der Waals surface area (Å²) in [6.07, 6.45) is 0. The molecule has 8 aromatic carbocycles. The molecular weight excluding hydrogens is 530 g/mol. The molecule has 0 saturated heterocycles. The number of anilines is 3. The summed E-state index contributed by atoms with van der Waals surface area (Å²) in [4.78, 5) is 2.50. The molecule has 0 bridgehead atoms. The Morgan fingerprint density at radius 1 is 0.386 bits per heavy atom. The summed E-state index contributed by atoms with van der Waals surface area (Å²) in [7, 11) is 0. The molecule has 1 heterocycles. The number of fused-ring (bicyclic) bond motifs is 8. The average molecular weight is 562 g/mol. The zero-order valence-electron chi connectivity index (χ0n) is 24.9. The summed E-state index contributed by atoms with van der Waals surface area (Å²) >= 11 is 0. The van der Waals surface area contributed by atoms with Crippen molar-refractivity contribution in [2.45, 2.75) is 19.3 Å². The summed E-state index contributed by atoms with van der Waals surface area (Å²) in [6.45, 7) is 4.70. The number of hydrogen-bond donors (Lipinski definition) is 0. The molecule has 1 aliphatic heterocycles. The van der Waals surface area contributed by atoms with Crippen LogP contribution in [-0.2, 0) is 5.41 Å². The Balaban J connectivity index is 1.43. The summed E-state index contributed by atoms with van der Waals surface area (Å²) in [5, 5.41) is 10.2. The SMILES string of the molecule is CC1(C)c2ccccc2N(c2cc3cc(-c4cccc5ccccc45)c4ccccc4c3c3ccccc23)c2ccccc21. The Labute approximate surface area is 257 Å². The molecular formula is C43H31N. The van der Waals surface area contributed by atoms with Crippen LogP contribution >= 0.6 is 0 Å². The highest BCUT2D eigenvalue weighted by molar-refractivity contribution is 6.26. The maximum Gasteiger partial charge on any atom is 0.0546 e. The first-order valence-corrected chi connectivity index (χ1v) is 15.5. The molecule has 0 N–H and O–H groups in total. The van der Waals surface area contributed by atoms with Crippen LogP contribution in [0.25, 0.3) is 54.2 Å². The minimum absolute atomic E-state index is 0.103. The monoisotopic (exact) mass is 561 g/mol. The molecule has 0 radical (unpaired) electrons. The second kappa shape index (κ2) is 9.30. The molecule has 1 heteroatoms. The van der Waals surface area contributed by atoms with Gasteiger partial charge in [-0.3, -0.25) is 0 Å². The Morgan fingerprint density at radius 3 is 1.61 bits per heavy atom. The van der Waals surface area contributed by atoms with Crippen LogP contribution < -0.4 is 4.90 Å². The van der Waals surface area contributed by atoms with Gasteiger partial charge in [0.05, 0.1) is 17.1 Å². The number of para-hydroxylation sites is 2. The van der Waals surface area contributed by atoms with Crippen molar-refractivity contribution in [1.82, 2.24) is 0 Å². The van der Waals surface area contributed by atoms with Crippen LogP contribution in [0.4, 0.5) is 17.1 Å². The molecule has 1 aliphatic rings. The Hall–Kier alpha value is -5.40. The van der Waals surface area contributed by atoms with Gasteiger partial charge in [0.1, 0.15) is 0 Å². The fraction of sp³-hybridized carbons (Fsp3) is 0.0698. The second-order valence-electron chi connectivity index (χ2n) is 12.5. The fourth-order valence-electron chi connectivity index (χ4n) is 7.76. The Bertz CT molecular complexity index is 2380. The van der Waals surface area contributed by atoms with Crippen LogP contribution in [0.2, 0.25) is 0 Å². The highest BCUT2D eigenvalue weighted by Crippen LogP contribution is 2.54. The van der Waals surface area contributed by atoms with E-state index in [0.717, 1.165) is 0 Å². The van der Waals surface area contributed by atoms with Crippen molar-refractivity contribution in [3.05, 3.63) is 163 Å². The molecule has 0 amide bonds. The summed E-state index contributed by atoms with van der Waals surface area (Å²) in [6, 6.07) is 56.0. The first kappa shape index (κ1) is 25.1. The zero-order valence-corrected chi connectivity index (χ0v) is 24.9. The third-order valence-corrected chi connectivity index (χ3v) is 9.80. The predicted molar refractivity (Wildman–Crippen MR) is 189 cm³/mol. The van der Waals surface area contributed by atoms with Crippen LogP contribution in [0.15, 0.2) is 152 Å². The van der Waals surface area contributed by atoms with Crippen molar-refractivity contribution in [3.8, 4) is 11.1 Å². The normalized spacial score (nSPS) is 13.8. The molecule has 44 heavy (non-hydrogen) atoms. The van der Waals surface area contributed by atoms with Crippen LogP contribution in [0, 0.1) is 0 Å². The highest BCUT2D eigenvalue weighted by atomic mass is 15.2. The third-order valence-electron chi connectivity index (χ3n) is 9.80. The molecule has 1 nitrogen and oxygen atoms in total. The average Bonchev–Trinajstić information content (AvgIpc) is 3.08. The zero-order chi connectivity index (χ0) is 29.4. The molecule has 9 rings (SSSR count). The van der Waals surface area contributed by atoms with Crippen LogP contribution in [-0.4, -0.2) is 0 Å². The van der Waals surface area contributed by atoms with E-state index in [1.54, 1.807) is 0 Å². The van der Waals surface area contributed by atoms with Gasteiger partial charge in [-0.2, -0.15) is 0 Å². The molecule has 0 fully saturated rings. The fourth-order valence-corrected chi connectivity index (χ4v) is 7.76. The van der Waals surface area contributed by atoms with E-state index in [1.165, 1.54) is 82.4 Å². The van der Waals surface area contributed by atoms with E-state index < -0.39 is 0 Å². The topological polar surface area (TPSA) is 3.24 Å². The quantitative estimate of drug-likeness (QED) is 0.190. The van der Waals surface area contributed by atoms with Crippen molar-refractivity contribution in [1.29, 1.82) is 0 Å². The Kier molecular flexibility index (Phi) is 5.31. The molecule has 0 aromatic heterocycles. The lowest BCUT2D eigenvalue weighted by Crippen LogP contribution is -2.30. The standard InChI is InChI=1S/C43H31N/c1-43(2)37-22-9-11-24-39(37)44(40-25-12-10-23-38(40)43)41-27-29-26-36(31-21-13-15-28-14-3-4-16-30(28)31)32-17-5-7-19-34(32)42(29)35-20-8-6-18-33(35)41/h3-27H,1-2H3. The first-order valence-electron chi connectivity index (χ1n) is 15.5. The predicted octanol–water partition coefficient (Wildman–Crippen LogP) is 12.1. The van der Waals surface area contributed by atoms with Crippen LogP contribution in [0.5, 0.6) is 0 Å². The molecule has 0 spiro atoms. The molecule has 0 saturated carbocycles. The van der Waals surface area contributed by atoms with Gasteiger partial charge in [0.25, 0.3) is 0 Å². The maximum absolute atomic E-state index is 2.50. The van der Waals surface area contributed by atoms with Gasteiger partial charge in [-0.15, -0.1) is 0 Å². The van der Waals surface area contributed by atoms with E-state index >= 15 is 0 Å². The minimum atomic E-state index is -0.103. The number of hydrogen-bond acceptors (Lipinski definition) is 1. The van der Waals surface area contributed by atoms with Crippen molar-refractivity contribution in [3.63, 3.8) is 0 Å². The van der Waals surface area contributed by atoms with Gasteiger partial charge in [-0.05, 0) is 84.2 Å². The summed E-state index contributed by atoms with van der Waals surface area (Å²) in [5.41, 5.74) is 8.83. The van der Waals surface area contributed by atoms with E-state index in [2.05, 4.69) is 170 Å². The maximum atomic E-state index is 2.50. The largest absolute Gasteiger partial charge is 0.309 e. The number of rotatable bonds is 2. The summed E-state index contributed by atoms with van der Waals surface area (Å²) < 4.78 is 0. The van der Waals surface area contributed by atoms with Crippen LogP contribution in [0.1, 0.15) is 25.0 Å². The molecule has 0 unspecified atom stereocenters. The molecule has 8 aromatic rings. The van der Waals surface area contributed by atoms with E-state index in [0.29, 0.717) is 0 Å². The second-order valence-corrected chi connectivity index (χ2v) is 12.5. The highest BCUT2D eigenvalue weighted by Gasteiger charge is 2.37. The van der Waals surface area contributed by atoms with E-state index in [4.69, 9.17) is 0 Å². The van der Waals surface area contributed by atoms with Gasteiger partial charge < -0.3 is 4.90 Å². The van der Waals surface area contributed by atoms with Crippen molar-refractivity contribution >= 4 is 60.2 Å². The number of benzene rings is 8. The lowest BCUT2D eigenvalue weighted by molar-refractivity contribution is 0.632. The van der Waals surface area contributed by atoms with Gasteiger partial charge in [0, 0.05) is 10.8 Å². The van der Waals surface area contributed by atoms with Gasteiger partial charge >= 0.3 is 0 Å². The van der Waals surface area contributed by atoms with Crippen molar-refractivity contribution in [2.24, 2.45) is 0 Å². The van der Waals surface area contributed by atoms with Gasteiger partial charge in [0.2, 0.25) is 0 Å².